The third-order valence-corrected chi connectivity index (χ3v) is 3.28. The van der Waals surface area contributed by atoms with Crippen LogP contribution in [0, 0.1) is 17.5 Å². The van der Waals surface area contributed by atoms with Crippen LogP contribution in [-0.2, 0) is 6.42 Å². The van der Waals surface area contributed by atoms with E-state index in [1.54, 1.807) is 6.07 Å². The van der Waals surface area contributed by atoms with E-state index in [0.717, 1.165) is 18.2 Å². The summed E-state index contributed by atoms with van der Waals surface area (Å²) >= 11 is 5.70. The minimum absolute atomic E-state index is 0.00262. The average molecular weight is 301 g/mol. The van der Waals surface area contributed by atoms with E-state index in [2.05, 4.69) is 5.43 Å². The van der Waals surface area contributed by atoms with Gasteiger partial charge in [-0.05, 0) is 36.2 Å². The molecular formula is C14H12ClF3N2. The van der Waals surface area contributed by atoms with Crippen molar-refractivity contribution < 1.29 is 13.2 Å². The van der Waals surface area contributed by atoms with Crippen molar-refractivity contribution in [2.75, 3.05) is 0 Å². The van der Waals surface area contributed by atoms with Gasteiger partial charge in [-0.15, -0.1) is 0 Å². The van der Waals surface area contributed by atoms with E-state index in [1.807, 2.05) is 0 Å². The number of rotatable bonds is 4. The summed E-state index contributed by atoms with van der Waals surface area (Å²) in [5.74, 6) is 3.61. The van der Waals surface area contributed by atoms with E-state index < -0.39 is 23.5 Å². The number of halogens is 4. The molecule has 2 nitrogen and oxygen atoms in total. The summed E-state index contributed by atoms with van der Waals surface area (Å²) in [4.78, 5) is 0. The summed E-state index contributed by atoms with van der Waals surface area (Å²) in [6.45, 7) is 0. The fourth-order valence-electron chi connectivity index (χ4n) is 1.97. The largest absolute Gasteiger partial charge is 0.271 e. The maximum absolute atomic E-state index is 13.9. The molecule has 0 radical (unpaired) electrons. The molecule has 2 rings (SSSR count). The third-order valence-electron chi connectivity index (χ3n) is 2.99. The topological polar surface area (TPSA) is 38.0 Å². The number of nitrogens with one attached hydrogen (secondary N) is 1. The highest BCUT2D eigenvalue weighted by Gasteiger charge is 2.18. The van der Waals surface area contributed by atoms with Crippen LogP contribution < -0.4 is 11.3 Å². The van der Waals surface area contributed by atoms with Crippen molar-refractivity contribution in [1.29, 1.82) is 0 Å². The maximum Gasteiger partial charge on any atom is 0.146 e. The Morgan fingerprint density at radius 2 is 1.90 bits per heavy atom. The smallest absolute Gasteiger partial charge is 0.146 e. The van der Waals surface area contributed by atoms with Gasteiger partial charge in [-0.2, -0.15) is 0 Å². The molecule has 0 aliphatic heterocycles. The van der Waals surface area contributed by atoms with Gasteiger partial charge in [0.2, 0.25) is 0 Å². The number of nitrogens with two attached hydrogens (primary N) is 1. The van der Waals surface area contributed by atoms with E-state index in [-0.39, 0.29) is 22.6 Å². The molecule has 0 aliphatic carbocycles. The number of benzene rings is 2. The molecule has 3 N–H and O–H groups in total. The fourth-order valence-corrected chi connectivity index (χ4v) is 2.15. The van der Waals surface area contributed by atoms with Crippen molar-refractivity contribution >= 4 is 11.6 Å². The highest BCUT2D eigenvalue weighted by atomic mass is 35.5. The molecule has 20 heavy (non-hydrogen) atoms. The molecule has 0 amide bonds. The van der Waals surface area contributed by atoms with E-state index >= 15 is 0 Å². The maximum atomic E-state index is 13.9. The lowest BCUT2D eigenvalue weighted by Crippen LogP contribution is -2.30. The standard InChI is InChI=1S/C14H12ClF3N2/c15-11-3-1-2-10(14(11)18)13(20-19)7-8-6-9(16)4-5-12(8)17/h1-6,13,20H,7,19H2. The molecule has 2 aromatic carbocycles. The van der Waals surface area contributed by atoms with E-state index in [9.17, 15) is 13.2 Å². The minimum atomic E-state index is -0.718. The fraction of sp³-hybridized carbons (Fsp3) is 0.143. The molecule has 2 aromatic rings. The van der Waals surface area contributed by atoms with Gasteiger partial charge in [0.1, 0.15) is 17.5 Å². The van der Waals surface area contributed by atoms with Crippen LogP contribution in [0.1, 0.15) is 17.2 Å². The molecule has 0 heterocycles. The summed E-state index contributed by atoms with van der Waals surface area (Å²) < 4.78 is 40.7. The van der Waals surface area contributed by atoms with Crippen LogP contribution in [0.4, 0.5) is 13.2 Å². The SMILES string of the molecule is NNC(Cc1cc(F)ccc1F)c1cccc(Cl)c1F. The van der Waals surface area contributed by atoms with Gasteiger partial charge in [-0.1, -0.05) is 23.7 Å². The van der Waals surface area contributed by atoms with Crippen LogP contribution in [0.25, 0.3) is 0 Å². The van der Waals surface area contributed by atoms with E-state index in [1.165, 1.54) is 12.1 Å². The Kier molecular flexibility index (Phi) is 4.65. The van der Waals surface area contributed by atoms with Crippen LogP contribution in [-0.4, -0.2) is 0 Å². The lowest BCUT2D eigenvalue weighted by Gasteiger charge is -2.18. The van der Waals surface area contributed by atoms with Crippen molar-refractivity contribution in [2.45, 2.75) is 12.5 Å². The molecule has 1 atom stereocenters. The summed E-state index contributed by atoms with van der Waals surface area (Å²) in [7, 11) is 0. The van der Waals surface area contributed by atoms with Gasteiger partial charge in [0.25, 0.3) is 0 Å². The zero-order chi connectivity index (χ0) is 14.7. The van der Waals surface area contributed by atoms with Crippen molar-refractivity contribution in [3.63, 3.8) is 0 Å². The van der Waals surface area contributed by atoms with Crippen molar-refractivity contribution in [1.82, 2.24) is 5.43 Å². The van der Waals surface area contributed by atoms with E-state index in [4.69, 9.17) is 17.4 Å². The summed E-state index contributed by atoms with van der Waals surface area (Å²) in [6.07, 6.45) is -0.00262. The van der Waals surface area contributed by atoms with Gasteiger partial charge in [0.15, 0.2) is 0 Å². The number of hydrogen-bond donors (Lipinski definition) is 2. The molecule has 0 bridgehead atoms. The molecule has 0 aliphatic rings. The van der Waals surface area contributed by atoms with Crippen LogP contribution in [0.5, 0.6) is 0 Å². The van der Waals surface area contributed by atoms with Gasteiger partial charge in [-0.3, -0.25) is 11.3 Å². The highest BCUT2D eigenvalue weighted by Crippen LogP contribution is 2.26. The lowest BCUT2D eigenvalue weighted by molar-refractivity contribution is 0.496. The number of hydrogen-bond acceptors (Lipinski definition) is 2. The first-order chi connectivity index (χ1) is 9.52. The molecule has 0 aromatic heterocycles. The molecule has 106 valence electrons. The van der Waals surface area contributed by atoms with Gasteiger partial charge >= 0.3 is 0 Å². The van der Waals surface area contributed by atoms with E-state index in [0.29, 0.717) is 0 Å². The average Bonchev–Trinajstić information content (AvgIpc) is 2.43. The molecule has 0 fully saturated rings. The Balaban J connectivity index is 2.34. The normalized spacial score (nSPS) is 12.4. The van der Waals surface area contributed by atoms with Crippen molar-refractivity contribution in [3.05, 3.63) is 70.0 Å². The third kappa shape index (κ3) is 3.12. The molecule has 0 saturated heterocycles. The second kappa shape index (κ2) is 6.26. The minimum Gasteiger partial charge on any atom is -0.271 e. The Labute approximate surface area is 119 Å². The van der Waals surface area contributed by atoms with Crippen LogP contribution in [0.3, 0.4) is 0 Å². The first-order valence-electron chi connectivity index (χ1n) is 5.87. The van der Waals surface area contributed by atoms with Gasteiger partial charge < -0.3 is 0 Å². The lowest BCUT2D eigenvalue weighted by atomic mass is 9.98. The molecule has 6 heteroatoms. The van der Waals surface area contributed by atoms with Gasteiger partial charge in [0, 0.05) is 5.56 Å². The summed E-state index contributed by atoms with van der Waals surface area (Å²) in [5.41, 5.74) is 2.70. The van der Waals surface area contributed by atoms with Crippen LogP contribution in [0.2, 0.25) is 5.02 Å². The second-order valence-electron chi connectivity index (χ2n) is 4.30. The predicted octanol–water partition coefficient (Wildman–Crippen LogP) is 3.50. The molecule has 1 unspecified atom stereocenters. The molecule has 0 spiro atoms. The predicted molar refractivity (Wildman–Crippen MR) is 71.5 cm³/mol. The monoisotopic (exact) mass is 300 g/mol. The quantitative estimate of drug-likeness (QED) is 0.670. The van der Waals surface area contributed by atoms with Crippen molar-refractivity contribution in [3.8, 4) is 0 Å². The highest BCUT2D eigenvalue weighted by molar-refractivity contribution is 6.30. The van der Waals surface area contributed by atoms with Crippen LogP contribution >= 0.6 is 11.6 Å². The first-order valence-corrected chi connectivity index (χ1v) is 6.24. The van der Waals surface area contributed by atoms with Crippen LogP contribution in [0.15, 0.2) is 36.4 Å². The zero-order valence-electron chi connectivity index (χ0n) is 10.3. The summed E-state index contributed by atoms with van der Waals surface area (Å²) in [6, 6.07) is 6.83. The van der Waals surface area contributed by atoms with Gasteiger partial charge in [-0.25, -0.2) is 13.2 Å². The molecular weight excluding hydrogens is 289 g/mol. The first kappa shape index (κ1) is 14.8. The Morgan fingerprint density at radius 1 is 1.15 bits per heavy atom. The Hall–Kier alpha value is -1.56. The summed E-state index contributed by atoms with van der Waals surface area (Å²) in [5, 5.41) is -0.0533. The van der Waals surface area contributed by atoms with Crippen molar-refractivity contribution in [2.24, 2.45) is 5.84 Å². The van der Waals surface area contributed by atoms with Gasteiger partial charge in [0.05, 0.1) is 11.1 Å². The zero-order valence-corrected chi connectivity index (χ0v) is 11.1. The second-order valence-corrected chi connectivity index (χ2v) is 4.71. The molecule has 0 saturated carbocycles. The Morgan fingerprint density at radius 3 is 2.60 bits per heavy atom. The Bertz CT molecular complexity index is 619. The number of hydrazine groups is 1.